The first-order chi connectivity index (χ1) is 12.2. The van der Waals surface area contributed by atoms with Crippen LogP contribution in [0, 0.1) is 0 Å². The number of aromatic nitrogens is 2. The number of fused-ring (bicyclic) bond motifs is 1. The molecule has 0 aliphatic carbocycles. The second-order valence-electron chi connectivity index (χ2n) is 5.74. The molecule has 126 valence electrons. The van der Waals surface area contributed by atoms with Crippen molar-refractivity contribution in [3.05, 3.63) is 59.8 Å². The van der Waals surface area contributed by atoms with E-state index in [1.54, 1.807) is 25.3 Å². The molecule has 0 radical (unpaired) electrons. The summed E-state index contributed by atoms with van der Waals surface area (Å²) in [5.74, 6) is 1.26. The monoisotopic (exact) mass is 335 g/mol. The van der Waals surface area contributed by atoms with Crippen LogP contribution in [-0.2, 0) is 6.42 Å². The number of rotatable bonds is 4. The molecule has 0 saturated carbocycles. The Balaban J connectivity index is 1.55. The normalized spacial score (nSPS) is 12.4. The van der Waals surface area contributed by atoms with Gasteiger partial charge in [-0.3, -0.25) is 9.89 Å². The lowest BCUT2D eigenvalue weighted by Crippen LogP contribution is -2.13. The van der Waals surface area contributed by atoms with Gasteiger partial charge in [-0.25, -0.2) is 0 Å². The highest BCUT2D eigenvalue weighted by molar-refractivity contribution is 6.04. The van der Waals surface area contributed by atoms with Crippen molar-refractivity contribution in [2.24, 2.45) is 0 Å². The Morgan fingerprint density at radius 3 is 3.00 bits per heavy atom. The zero-order chi connectivity index (χ0) is 17.2. The van der Waals surface area contributed by atoms with Crippen molar-refractivity contribution in [2.45, 2.75) is 6.42 Å². The first-order valence-electron chi connectivity index (χ1n) is 8.00. The second kappa shape index (κ2) is 6.32. The molecule has 2 aromatic carbocycles. The Morgan fingerprint density at radius 2 is 2.12 bits per heavy atom. The van der Waals surface area contributed by atoms with E-state index < -0.39 is 0 Å². The van der Waals surface area contributed by atoms with Gasteiger partial charge >= 0.3 is 0 Å². The third-order valence-electron chi connectivity index (χ3n) is 4.16. The molecule has 25 heavy (non-hydrogen) atoms. The molecule has 0 unspecified atom stereocenters. The molecular weight excluding hydrogens is 318 g/mol. The zero-order valence-corrected chi connectivity index (χ0v) is 13.7. The number of hydrogen-bond acceptors (Lipinski definition) is 4. The number of ether oxygens (including phenoxy) is 2. The third-order valence-corrected chi connectivity index (χ3v) is 4.16. The van der Waals surface area contributed by atoms with E-state index in [-0.39, 0.29) is 5.91 Å². The molecule has 6 nitrogen and oxygen atoms in total. The number of anilines is 1. The molecular formula is C19H17N3O3. The molecule has 2 heterocycles. The van der Waals surface area contributed by atoms with Gasteiger partial charge in [0.15, 0.2) is 0 Å². The van der Waals surface area contributed by atoms with Gasteiger partial charge in [0, 0.05) is 12.0 Å². The standard InChI is InChI=1S/C19H17N3O3/c1-24-18-5-3-2-4-14(18)20-19(23)16-11-15(21-22-16)12-6-7-17-13(10-12)8-9-25-17/h2-7,10-11H,8-9H2,1H3,(H,20,23)(H,21,22). The van der Waals surface area contributed by atoms with Crippen LogP contribution in [0.2, 0.25) is 0 Å². The second-order valence-corrected chi connectivity index (χ2v) is 5.74. The number of para-hydroxylation sites is 2. The smallest absolute Gasteiger partial charge is 0.273 e. The Bertz CT molecular complexity index is 933. The molecule has 0 fully saturated rings. The molecule has 0 bridgehead atoms. The van der Waals surface area contributed by atoms with E-state index in [2.05, 4.69) is 21.6 Å². The molecule has 4 rings (SSSR count). The quantitative estimate of drug-likeness (QED) is 0.767. The molecule has 0 spiro atoms. The van der Waals surface area contributed by atoms with Crippen molar-refractivity contribution >= 4 is 11.6 Å². The maximum atomic E-state index is 12.5. The lowest BCUT2D eigenvalue weighted by molar-refractivity contribution is 0.102. The molecule has 6 heteroatoms. The van der Waals surface area contributed by atoms with Crippen LogP contribution in [0.4, 0.5) is 5.69 Å². The van der Waals surface area contributed by atoms with E-state index in [0.717, 1.165) is 23.4 Å². The van der Waals surface area contributed by atoms with Gasteiger partial charge in [0.05, 0.1) is 25.1 Å². The molecule has 1 aliphatic rings. The summed E-state index contributed by atoms with van der Waals surface area (Å²) in [6.07, 6.45) is 0.898. The maximum absolute atomic E-state index is 12.5. The van der Waals surface area contributed by atoms with Crippen molar-refractivity contribution in [2.75, 3.05) is 19.0 Å². The Kier molecular flexibility index (Phi) is 3.85. The summed E-state index contributed by atoms with van der Waals surface area (Å²) in [4.78, 5) is 12.5. The van der Waals surface area contributed by atoms with Gasteiger partial charge in [-0.1, -0.05) is 12.1 Å². The maximum Gasteiger partial charge on any atom is 0.273 e. The number of nitrogens with zero attached hydrogens (tertiary/aromatic N) is 1. The minimum Gasteiger partial charge on any atom is -0.495 e. The fraction of sp³-hybridized carbons (Fsp3) is 0.158. The number of amides is 1. The van der Waals surface area contributed by atoms with Gasteiger partial charge in [-0.15, -0.1) is 0 Å². The van der Waals surface area contributed by atoms with Crippen LogP contribution >= 0.6 is 0 Å². The lowest BCUT2D eigenvalue weighted by Gasteiger charge is -2.08. The van der Waals surface area contributed by atoms with Crippen LogP contribution in [-0.4, -0.2) is 29.8 Å². The van der Waals surface area contributed by atoms with Gasteiger partial charge in [0.25, 0.3) is 5.91 Å². The van der Waals surface area contributed by atoms with E-state index in [4.69, 9.17) is 9.47 Å². The third kappa shape index (κ3) is 2.94. The number of carbonyl (C=O) groups is 1. The van der Waals surface area contributed by atoms with Crippen molar-refractivity contribution in [3.63, 3.8) is 0 Å². The number of benzene rings is 2. The number of carbonyl (C=O) groups excluding carboxylic acids is 1. The van der Waals surface area contributed by atoms with E-state index in [0.29, 0.717) is 23.7 Å². The minimum absolute atomic E-state index is 0.271. The van der Waals surface area contributed by atoms with Crippen molar-refractivity contribution in [1.82, 2.24) is 10.2 Å². The number of methoxy groups -OCH3 is 1. The molecule has 3 aromatic rings. The molecule has 1 aromatic heterocycles. The number of H-pyrrole nitrogens is 1. The number of nitrogens with one attached hydrogen (secondary N) is 2. The fourth-order valence-corrected chi connectivity index (χ4v) is 2.87. The van der Waals surface area contributed by atoms with Crippen LogP contribution in [0.15, 0.2) is 48.5 Å². The largest absolute Gasteiger partial charge is 0.495 e. The van der Waals surface area contributed by atoms with Gasteiger partial charge in [0.2, 0.25) is 0 Å². The van der Waals surface area contributed by atoms with E-state index in [1.807, 2.05) is 24.3 Å². The fourth-order valence-electron chi connectivity index (χ4n) is 2.87. The minimum atomic E-state index is -0.271. The van der Waals surface area contributed by atoms with E-state index in [1.165, 1.54) is 5.56 Å². The topological polar surface area (TPSA) is 76.2 Å². The van der Waals surface area contributed by atoms with Crippen molar-refractivity contribution in [3.8, 4) is 22.8 Å². The molecule has 1 aliphatic heterocycles. The highest BCUT2D eigenvalue weighted by atomic mass is 16.5. The summed E-state index contributed by atoms with van der Waals surface area (Å²) < 4.78 is 10.8. The summed E-state index contributed by atoms with van der Waals surface area (Å²) in [7, 11) is 1.57. The number of aromatic amines is 1. The average Bonchev–Trinajstić information content (AvgIpc) is 3.30. The van der Waals surface area contributed by atoms with Crippen molar-refractivity contribution < 1.29 is 14.3 Å². The van der Waals surface area contributed by atoms with Gasteiger partial charge in [-0.05, 0) is 42.0 Å². The first-order valence-corrected chi connectivity index (χ1v) is 8.00. The van der Waals surface area contributed by atoms with Crippen LogP contribution in [0.5, 0.6) is 11.5 Å². The lowest BCUT2D eigenvalue weighted by atomic mass is 10.1. The van der Waals surface area contributed by atoms with Crippen LogP contribution in [0.3, 0.4) is 0 Å². The Labute approximate surface area is 144 Å². The highest BCUT2D eigenvalue weighted by Crippen LogP contribution is 2.30. The predicted octanol–water partition coefficient (Wildman–Crippen LogP) is 3.27. The average molecular weight is 335 g/mol. The summed E-state index contributed by atoms with van der Waals surface area (Å²) >= 11 is 0. The summed E-state index contributed by atoms with van der Waals surface area (Å²) in [6, 6.07) is 14.9. The zero-order valence-electron chi connectivity index (χ0n) is 13.7. The Hall–Kier alpha value is -3.28. The Morgan fingerprint density at radius 1 is 1.24 bits per heavy atom. The molecule has 0 atom stereocenters. The molecule has 2 N–H and O–H groups in total. The molecule has 0 saturated heterocycles. The van der Waals surface area contributed by atoms with Crippen LogP contribution < -0.4 is 14.8 Å². The van der Waals surface area contributed by atoms with Gasteiger partial charge in [-0.2, -0.15) is 5.10 Å². The summed E-state index contributed by atoms with van der Waals surface area (Å²) in [6.45, 7) is 0.714. The summed E-state index contributed by atoms with van der Waals surface area (Å²) in [5.41, 5.74) is 3.84. The predicted molar refractivity (Wildman–Crippen MR) is 94.2 cm³/mol. The van der Waals surface area contributed by atoms with Crippen molar-refractivity contribution in [1.29, 1.82) is 0 Å². The van der Waals surface area contributed by atoms with E-state index >= 15 is 0 Å². The number of hydrogen-bond donors (Lipinski definition) is 2. The van der Waals surface area contributed by atoms with Gasteiger partial charge in [0.1, 0.15) is 17.2 Å². The van der Waals surface area contributed by atoms with Gasteiger partial charge < -0.3 is 14.8 Å². The first kappa shape index (κ1) is 15.3. The van der Waals surface area contributed by atoms with Crippen LogP contribution in [0.25, 0.3) is 11.3 Å². The summed E-state index contributed by atoms with van der Waals surface area (Å²) in [5, 5.41) is 9.88. The SMILES string of the molecule is COc1ccccc1NC(=O)c1cc(-c2ccc3c(c2)CCO3)n[nH]1. The van der Waals surface area contributed by atoms with Crippen LogP contribution in [0.1, 0.15) is 16.1 Å². The van der Waals surface area contributed by atoms with E-state index in [9.17, 15) is 4.79 Å². The molecule has 1 amide bonds. The highest BCUT2D eigenvalue weighted by Gasteiger charge is 2.16.